The summed E-state index contributed by atoms with van der Waals surface area (Å²) in [5, 5.41) is 12.4. The molecule has 3 aromatic carbocycles. The van der Waals surface area contributed by atoms with E-state index in [9.17, 15) is 14.7 Å². The first-order valence-electron chi connectivity index (χ1n) is 8.38. The minimum Gasteiger partial charge on any atom is -0.508 e. The van der Waals surface area contributed by atoms with Gasteiger partial charge in [-0.1, -0.05) is 42.5 Å². The van der Waals surface area contributed by atoms with Crippen molar-refractivity contribution in [2.24, 2.45) is 0 Å². The number of hydrogen-bond acceptors (Lipinski definition) is 4. The summed E-state index contributed by atoms with van der Waals surface area (Å²) in [6.45, 7) is 1.77. The number of carbonyl (C=O) groups excluding carboxylic acids is 2. The van der Waals surface area contributed by atoms with Crippen molar-refractivity contribution in [3.63, 3.8) is 0 Å². The topological polar surface area (TPSA) is 75.6 Å². The molecule has 0 aromatic heterocycles. The first-order valence-corrected chi connectivity index (χ1v) is 8.38. The Morgan fingerprint density at radius 1 is 0.889 bits per heavy atom. The van der Waals surface area contributed by atoms with Gasteiger partial charge in [-0.25, -0.2) is 4.79 Å². The van der Waals surface area contributed by atoms with Gasteiger partial charge < -0.3 is 15.2 Å². The number of methoxy groups -OCH3 is 1. The van der Waals surface area contributed by atoms with E-state index in [1.54, 1.807) is 31.2 Å². The van der Waals surface area contributed by atoms with Gasteiger partial charge in [0.2, 0.25) is 0 Å². The fourth-order valence-corrected chi connectivity index (χ4v) is 2.79. The van der Waals surface area contributed by atoms with Crippen molar-refractivity contribution in [1.82, 2.24) is 0 Å². The molecule has 5 nitrogen and oxygen atoms in total. The summed E-state index contributed by atoms with van der Waals surface area (Å²) in [5.41, 5.74) is 3.45. The Kier molecular flexibility index (Phi) is 5.22. The van der Waals surface area contributed by atoms with Crippen LogP contribution in [-0.2, 0) is 4.74 Å². The smallest absolute Gasteiger partial charge is 0.339 e. The van der Waals surface area contributed by atoms with E-state index in [0.29, 0.717) is 16.8 Å². The van der Waals surface area contributed by atoms with Crippen molar-refractivity contribution >= 4 is 17.6 Å². The molecule has 3 rings (SSSR count). The van der Waals surface area contributed by atoms with E-state index in [1.807, 2.05) is 30.3 Å². The van der Waals surface area contributed by atoms with Crippen LogP contribution < -0.4 is 5.32 Å². The molecule has 0 atom stereocenters. The lowest BCUT2D eigenvalue weighted by molar-refractivity contribution is 0.0602. The summed E-state index contributed by atoms with van der Waals surface area (Å²) >= 11 is 0. The Bertz CT molecular complexity index is 996. The summed E-state index contributed by atoms with van der Waals surface area (Å²) in [4.78, 5) is 24.8. The van der Waals surface area contributed by atoms with Gasteiger partial charge in [0, 0.05) is 5.56 Å². The van der Waals surface area contributed by atoms with E-state index in [2.05, 4.69) is 5.32 Å². The maximum Gasteiger partial charge on any atom is 0.339 e. The van der Waals surface area contributed by atoms with Gasteiger partial charge in [-0.15, -0.1) is 0 Å². The Balaban J connectivity index is 2.02. The van der Waals surface area contributed by atoms with Crippen molar-refractivity contribution in [1.29, 1.82) is 0 Å². The van der Waals surface area contributed by atoms with Crippen LogP contribution in [0.25, 0.3) is 11.1 Å². The van der Waals surface area contributed by atoms with E-state index in [-0.39, 0.29) is 11.3 Å². The first-order chi connectivity index (χ1) is 13.0. The second kappa shape index (κ2) is 7.74. The average molecular weight is 361 g/mol. The van der Waals surface area contributed by atoms with Crippen molar-refractivity contribution in [2.45, 2.75) is 6.92 Å². The van der Waals surface area contributed by atoms with Crippen LogP contribution in [0.15, 0.2) is 66.7 Å². The predicted molar refractivity (Wildman–Crippen MR) is 104 cm³/mol. The minimum atomic E-state index is -0.544. The molecule has 0 saturated heterocycles. The molecule has 3 aromatic rings. The quantitative estimate of drug-likeness (QED) is 0.675. The monoisotopic (exact) mass is 361 g/mol. The molecule has 2 N–H and O–H groups in total. The number of phenols is 1. The molecule has 0 unspecified atom stereocenters. The van der Waals surface area contributed by atoms with E-state index in [1.165, 1.54) is 19.2 Å². The molecule has 0 heterocycles. The van der Waals surface area contributed by atoms with Crippen LogP contribution in [0.3, 0.4) is 0 Å². The summed E-state index contributed by atoms with van der Waals surface area (Å²) < 4.78 is 4.82. The van der Waals surface area contributed by atoms with Crippen LogP contribution in [0.4, 0.5) is 5.69 Å². The van der Waals surface area contributed by atoms with Gasteiger partial charge in [0.15, 0.2) is 0 Å². The summed E-state index contributed by atoms with van der Waals surface area (Å²) in [6, 6.07) is 19.4. The van der Waals surface area contributed by atoms with Crippen molar-refractivity contribution < 1.29 is 19.4 Å². The molecule has 0 radical (unpaired) electrons. The number of aryl methyl sites for hydroxylation is 1. The van der Waals surface area contributed by atoms with Gasteiger partial charge in [0.1, 0.15) is 5.75 Å². The Hall–Kier alpha value is -3.60. The molecule has 136 valence electrons. The van der Waals surface area contributed by atoms with Gasteiger partial charge in [0.05, 0.1) is 18.4 Å². The van der Waals surface area contributed by atoms with Crippen LogP contribution >= 0.6 is 0 Å². The maximum absolute atomic E-state index is 12.7. The number of hydrogen-bond donors (Lipinski definition) is 2. The number of aromatic hydroxyl groups is 1. The zero-order chi connectivity index (χ0) is 19.4. The molecule has 0 saturated carbocycles. The highest BCUT2D eigenvalue weighted by atomic mass is 16.5. The van der Waals surface area contributed by atoms with Crippen LogP contribution in [0.5, 0.6) is 5.75 Å². The second-order valence-electron chi connectivity index (χ2n) is 6.07. The number of rotatable bonds is 4. The van der Waals surface area contributed by atoms with E-state index < -0.39 is 11.9 Å². The molecule has 0 aliphatic carbocycles. The molecular weight excluding hydrogens is 342 g/mol. The summed E-state index contributed by atoms with van der Waals surface area (Å²) in [6.07, 6.45) is 0. The number of carbonyl (C=O) groups is 2. The van der Waals surface area contributed by atoms with Crippen LogP contribution in [0.1, 0.15) is 26.3 Å². The number of amides is 1. The fraction of sp³-hybridized carbons (Fsp3) is 0.0909. The molecule has 27 heavy (non-hydrogen) atoms. The molecule has 0 bridgehead atoms. The third-order valence-corrected chi connectivity index (χ3v) is 4.25. The SMILES string of the molecule is COC(=O)c1ccc(-c2ccccc2)cc1NC(=O)c1cc(O)ccc1C. The van der Waals surface area contributed by atoms with E-state index >= 15 is 0 Å². The van der Waals surface area contributed by atoms with Gasteiger partial charge in [-0.2, -0.15) is 0 Å². The second-order valence-corrected chi connectivity index (χ2v) is 6.07. The highest BCUT2D eigenvalue weighted by Gasteiger charge is 2.17. The van der Waals surface area contributed by atoms with Gasteiger partial charge in [-0.05, 0) is 47.9 Å². The Morgan fingerprint density at radius 2 is 1.63 bits per heavy atom. The highest BCUT2D eigenvalue weighted by molar-refractivity contribution is 6.09. The molecule has 0 aliphatic rings. The largest absolute Gasteiger partial charge is 0.508 e. The van der Waals surface area contributed by atoms with Crippen LogP contribution in [-0.4, -0.2) is 24.1 Å². The zero-order valence-corrected chi connectivity index (χ0v) is 15.0. The normalized spacial score (nSPS) is 10.3. The zero-order valence-electron chi connectivity index (χ0n) is 15.0. The fourth-order valence-electron chi connectivity index (χ4n) is 2.79. The predicted octanol–water partition coefficient (Wildman–Crippen LogP) is 4.41. The van der Waals surface area contributed by atoms with E-state index in [0.717, 1.165) is 11.1 Å². The maximum atomic E-state index is 12.7. The molecule has 1 amide bonds. The molecule has 0 fully saturated rings. The number of anilines is 1. The van der Waals surface area contributed by atoms with Gasteiger partial charge in [-0.3, -0.25) is 4.79 Å². The van der Waals surface area contributed by atoms with Gasteiger partial charge >= 0.3 is 5.97 Å². The number of phenolic OH excluding ortho intramolecular Hbond substituents is 1. The third-order valence-electron chi connectivity index (χ3n) is 4.25. The van der Waals surface area contributed by atoms with Crippen LogP contribution in [0, 0.1) is 6.92 Å². The lowest BCUT2D eigenvalue weighted by Crippen LogP contribution is -2.16. The van der Waals surface area contributed by atoms with E-state index in [4.69, 9.17) is 4.74 Å². The standard InChI is InChI=1S/C22H19NO4/c1-14-8-10-17(24)13-19(14)21(25)23-20-12-16(15-6-4-3-5-7-15)9-11-18(20)22(26)27-2/h3-13,24H,1-2H3,(H,23,25). The Labute approximate surface area is 157 Å². The summed E-state index contributed by atoms with van der Waals surface area (Å²) in [7, 11) is 1.29. The first kappa shape index (κ1) is 18.2. The average Bonchev–Trinajstić information content (AvgIpc) is 2.69. The molecule has 5 heteroatoms. The lowest BCUT2D eigenvalue weighted by atomic mass is 10.0. The highest BCUT2D eigenvalue weighted by Crippen LogP contribution is 2.27. The lowest BCUT2D eigenvalue weighted by Gasteiger charge is -2.13. The third kappa shape index (κ3) is 3.98. The summed E-state index contributed by atoms with van der Waals surface area (Å²) in [5.74, 6) is -0.965. The van der Waals surface area contributed by atoms with Crippen molar-refractivity contribution in [3.05, 3.63) is 83.4 Å². The molecule has 0 spiro atoms. The number of benzene rings is 3. The number of nitrogens with one attached hydrogen (secondary N) is 1. The van der Waals surface area contributed by atoms with Crippen molar-refractivity contribution in [2.75, 3.05) is 12.4 Å². The van der Waals surface area contributed by atoms with Gasteiger partial charge in [0.25, 0.3) is 5.91 Å². The Morgan fingerprint density at radius 3 is 2.33 bits per heavy atom. The number of esters is 1. The minimum absolute atomic E-state index is 0.00280. The van der Waals surface area contributed by atoms with Crippen LogP contribution in [0.2, 0.25) is 0 Å². The number of ether oxygens (including phenoxy) is 1. The molecular formula is C22H19NO4. The molecule has 0 aliphatic heterocycles. The van der Waals surface area contributed by atoms with Crippen molar-refractivity contribution in [3.8, 4) is 16.9 Å².